The Hall–Kier alpha value is -3.04. The number of benzene rings is 2. The van der Waals surface area contributed by atoms with Crippen molar-refractivity contribution in [2.24, 2.45) is 0 Å². The number of methoxy groups -OCH3 is 1. The second-order valence-electron chi connectivity index (χ2n) is 6.28. The zero-order chi connectivity index (χ0) is 21.7. The summed E-state index contributed by atoms with van der Waals surface area (Å²) in [6, 6.07) is 15.4. The van der Waals surface area contributed by atoms with Gasteiger partial charge in [0, 0.05) is 11.3 Å². The predicted molar refractivity (Wildman–Crippen MR) is 113 cm³/mol. The third-order valence-corrected chi connectivity index (χ3v) is 7.10. The number of hydrogen-bond donors (Lipinski definition) is 1. The van der Waals surface area contributed by atoms with Gasteiger partial charge in [-0.3, -0.25) is 4.79 Å². The van der Waals surface area contributed by atoms with Gasteiger partial charge < -0.3 is 10.1 Å². The number of esters is 1. The molecule has 1 heterocycles. The first-order chi connectivity index (χ1) is 14.3. The number of rotatable bonds is 7. The summed E-state index contributed by atoms with van der Waals surface area (Å²) in [7, 11) is -2.51. The molecule has 0 saturated carbocycles. The van der Waals surface area contributed by atoms with Crippen LogP contribution in [0.3, 0.4) is 0 Å². The summed E-state index contributed by atoms with van der Waals surface area (Å²) in [4.78, 5) is 25.4. The lowest BCUT2D eigenvalue weighted by Crippen LogP contribution is -2.18. The van der Waals surface area contributed by atoms with Gasteiger partial charge >= 0.3 is 5.97 Å². The molecule has 1 aromatic heterocycles. The quantitative estimate of drug-likeness (QED) is 0.434. The zero-order valence-electron chi connectivity index (χ0n) is 15.9. The van der Waals surface area contributed by atoms with Crippen LogP contribution in [-0.4, -0.2) is 33.2 Å². The average Bonchev–Trinajstić information content (AvgIpc) is 3.16. The van der Waals surface area contributed by atoms with E-state index >= 15 is 0 Å². The molecule has 1 N–H and O–H groups in total. The van der Waals surface area contributed by atoms with Gasteiger partial charge in [0.15, 0.2) is 9.84 Å². The Bertz CT molecular complexity index is 1160. The highest BCUT2D eigenvalue weighted by Gasteiger charge is 2.21. The Labute approximate surface area is 177 Å². The van der Waals surface area contributed by atoms with Crippen LogP contribution in [0.15, 0.2) is 65.6 Å². The summed E-state index contributed by atoms with van der Waals surface area (Å²) in [5.74, 6) is -2.17. The Morgan fingerprint density at radius 1 is 1.07 bits per heavy atom. The number of thiophene rings is 1. The van der Waals surface area contributed by atoms with Gasteiger partial charge in [0.05, 0.1) is 23.4 Å². The highest BCUT2D eigenvalue weighted by Crippen LogP contribution is 2.35. The van der Waals surface area contributed by atoms with Crippen molar-refractivity contribution in [1.82, 2.24) is 0 Å². The topological polar surface area (TPSA) is 89.5 Å². The van der Waals surface area contributed by atoms with Crippen molar-refractivity contribution in [3.05, 3.63) is 71.4 Å². The van der Waals surface area contributed by atoms with Gasteiger partial charge in [-0.05, 0) is 35.9 Å². The molecule has 0 saturated heterocycles. The number of carbonyl (C=O) groups excluding carboxylic acids is 2. The van der Waals surface area contributed by atoms with Crippen molar-refractivity contribution < 1.29 is 27.1 Å². The fraction of sp³-hybridized carbons (Fsp3) is 0.143. The molecule has 3 rings (SSSR count). The van der Waals surface area contributed by atoms with Crippen molar-refractivity contribution in [1.29, 1.82) is 0 Å². The minimum atomic E-state index is -3.75. The first-order valence-corrected chi connectivity index (χ1v) is 11.3. The lowest BCUT2D eigenvalue weighted by molar-refractivity contribution is -0.115. The molecule has 0 radical (unpaired) electrons. The fourth-order valence-electron chi connectivity index (χ4n) is 2.67. The van der Waals surface area contributed by atoms with Gasteiger partial charge in [0.25, 0.3) is 0 Å². The van der Waals surface area contributed by atoms with Crippen LogP contribution in [0.2, 0.25) is 0 Å². The number of sulfone groups is 1. The molecule has 9 heteroatoms. The maximum absolute atomic E-state index is 13.0. The van der Waals surface area contributed by atoms with Crippen molar-refractivity contribution in [3.8, 4) is 10.4 Å². The SMILES string of the molecule is COC(=O)c1sc(-c2ccccc2)cc1NC(=O)CCS(=O)(=O)c1ccc(F)cc1. The van der Waals surface area contributed by atoms with E-state index in [1.165, 1.54) is 18.4 Å². The third-order valence-electron chi connectivity index (χ3n) is 4.21. The van der Waals surface area contributed by atoms with Gasteiger partial charge in [-0.15, -0.1) is 11.3 Å². The number of halogens is 1. The zero-order valence-corrected chi connectivity index (χ0v) is 17.6. The first-order valence-electron chi connectivity index (χ1n) is 8.86. The van der Waals surface area contributed by atoms with Crippen LogP contribution in [0.25, 0.3) is 10.4 Å². The van der Waals surface area contributed by atoms with E-state index in [9.17, 15) is 22.4 Å². The van der Waals surface area contributed by atoms with Crippen molar-refractivity contribution in [2.75, 3.05) is 18.2 Å². The molecule has 1 amide bonds. The minimum Gasteiger partial charge on any atom is -0.465 e. The fourth-order valence-corrected chi connectivity index (χ4v) is 4.95. The molecule has 2 aromatic carbocycles. The molecule has 0 aliphatic heterocycles. The van der Waals surface area contributed by atoms with Crippen LogP contribution in [0.5, 0.6) is 0 Å². The second kappa shape index (κ2) is 9.19. The highest BCUT2D eigenvalue weighted by molar-refractivity contribution is 7.91. The summed E-state index contributed by atoms with van der Waals surface area (Å²) >= 11 is 1.17. The largest absolute Gasteiger partial charge is 0.465 e. The summed E-state index contributed by atoms with van der Waals surface area (Å²) < 4.78 is 42.4. The highest BCUT2D eigenvalue weighted by atomic mass is 32.2. The second-order valence-corrected chi connectivity index (χ2v) is 9.44. The molecule has 0 atom stereocenters. The number of hydrogen-bond acceptors (Lipinski definition) is 6. The molecular weight excluding hydrogens is 429 g/mol. The molecule has 0 unspecified atom stereocenters. The molecule has 156 valence electrons. The van der Waals surface area contributed by atoms with E-state index in [2.05, 4.69) is 5.32 Å². The third kappa shape index (κ3) is 5.11. The van der Waals surface area contributed by atoms with Gasteiger partial charge in [-0.25, -0.2) is 17.6 Å². The summed E-state index contributed by atoms with van der Waals surface area (Å²) in [6.07, 6.45) is -0.323. The van der Waals surface area contributed by atoms with Crippen LogP contribution < -0.4 is 5.32 Å². The maximum Gasteiger partial charge on any atom is 0.350 e. The van der Waals surface area contributed by atoms with Gasteiger partial charge in [-0.1, -0.05) is 30.3 Å². The lowest BCUT2D eigenvalue weighted by Gasteiger charge is -2.07. The van der Waals surface area contributed by atoms with Gasteiger partial charge in [0.2, 0.25) is 5.91 Å². The molecule has 0 bridgehead atoms. The van der Waals surface area contributed by atoms with Crippen LogP contribution in [0.4, 0.5) is 10.1 Å². The number of ether oxygens (including phenoxy) is 1. The van der Waals surface area contributed by atoms with Crippen LogP contribution in [0, 0.1) is 5.82 Å². The molecule has 0 aliphatic carbocycles. The maximum atomic E-state index is 13.0. The predicted octanol–water partition coefficient (Wildman–Crippen LogP) is 4.14. The van der Waals surface area contributed by atoms with Crippen LogP contribution in [0.1, 0.15) is 16.1 Å². The van der Waals surface area contributed by atoms with Gasteiger partial charge in [-0.2, -0.15) is 0 Å². The molecule has 0 aliphatic rings. The molecular formula is C21H18FNO5S2. The lowest BCUT2D eigenvalue weighted by atomic mass is 10.2. The van der Waals surface area contributed by atoms with Crippen LogP contribution in [-0.2, 0) is 19.4 Å². The number of nitrogens with one attached hydrogen (secondary N) is 1. The van der Waals surface area contributed by atoms with E-state index < -0.39 is 33.3 Å². The molecule has 0 spiro atoms. The molecule has 6 nitrogen and oxygen atoms in total. The monoisotopic (exact) mass is 447 g/mol. The Balaban J connectivity index is 1.75. The van der Waals surface area contributed by atoms with Crippen LogP contribution >= 0.6 is 11.3 Å². The minimum absolute atomic E-state index is 0.0613. The smallest absolute Gasteiger partial charge is 0.350 e. The van der Waals surface area contributed by atoms with Crippen molar-refractivity contribution >= 4 is 38.7 Å². The van der Waals surface area contributed by atoms with E-state index in [0.29, 0.717) is 0 Å². The Morgan fingerprint density at radius 3 is 2.37 bits per heavy atom. The molecule has 30 heavy (non-hydrogen) atoms. The standard InChI is InChI=1S/C21H18FNO5S2/c1-28-21(25)20-17(13-18(29-20)14-5-3-2-4-6-14)23-19(24)11-12-30(26,27)16-9-7-15(22)8-10-16/h2-10,13H,11-12H2,1H3,(H,23,24). The number of anilines is 1. The summed E-state index contributed by atoms with van der Waals surface area (Å²) in [5, 5.41) is 2.60. The first kappa shape index (κ1) is 21.7. The van der Waals surface area contributed by atoms with Gasteiger partial charge in [0.1, 0.15) is 10.7 Å². The normalized spacial score (nSPS) is 11.1. The summed E-state index contributed by atoms with van der Waals surface area (Å²) in [6.45, 7) is 0. The van der Waals surface area contributed by atoms with E-state index in [1.807, 2.05) is 30.3 Å². The van der Waals surface area contributed by atoms with E-state index in [1.54, 1.807) is 6.07 Å². The van der Waals surface area contributed by atoms with E-state index in [4.69, 9.17) is 4.74 Å². The average molecular weight is 448 g/mol. The van der Waals surface area contributed by atoms with Crippen molar-refractivity contribution in [3.63, 3.8) is 0 Å². The van der Waals surface area contributed by atoms with E-state index in [-0.39, 0.29) is 21.9 Å². The van der Waals surface area contributed by atoms with E-state index in [0.717, 1.165) is 34.7 Å². The molecule has 0 fully saturated rings. The Morgan fingerprint density at radius 2 is 1.73 bits per heavy atom. The molecule has 3 aromatic rings. The number of amides is 1. The summed E-state index contributed by atoms with van der Waals surface area (Å²) in [5.41, 5.74) is 1.13. The Kier molecular flexibility index (Phi) is 6.63. The number of carbonyl (C=O) groups is 2. The van der Waals surface area contributed by atoms with Crippen molar-refractivity contribution in [2.45, 2.75) is 11.3 Å².